The summed E-state index contributed by atoms with van der Waals surface area (Å²) in [7, 11) is 0. The van der Waals surface area contributed by atoms with Gasteiger partial charge in [-0.05, 0) is 64.5 Å². The largest absolute Gasteiger partial charge is 0.377 e. The van der Waals surface area contributed by atoms with E-state index in [1.54, 1.807) is 12.3 Å². The highest BCUT2D eigenvalue weighted by atomic mass is 79.9. The third kappa shape index (κ3) is 5.86. The molecule has 42 heavy (non-hydrogen) atoms. The Hall–Kier alpha value is -4.28. The number of nitrogens with one attached hydrogen (secondary N) is 4. The van der Waals surface area contributed by atoms with Crippen LogP contribution in [0, 0.1) is 22.7 Å². The molecule has 0 bridgehead atoms. The van der Waals surface area contributed by atoms with Crippen LogP contribution >= 0.6 is 27.5 Å². The van der Waals surface area contributed by atoms with Gasteiger partial charge in [0.15, 0.2) is 0 Å². The minimum absolute atomic E-state index is 0.209. The third-order valence-corrected chi connectivity index (χ3v) is 8.25. The maximum absolute atomic E-state index is 10.1. The number of hydrogen-bond donors (Lipinski definition) is 4. The highest BCUT2D eigenvalue weighted by Gasteiger charge is 2.32. The van der Waals surface area contributed by atoms with Crippen molar-refractivity contribution in [2.75, 3.05) is 10.6 Å². The Bertz CT molecular complexity index is 1780. The van der Waals surface area contributed by atoms with Gasteiger partial charge in [-0.25, -0.2) is 0 Å². The summed E-state index contributed by atoms with van der Waals surface area (Å²) in [6.07, 6.45) is 6.55. The fraction of sp³-hybridized carbons (Fsp3) is 0.219. The first kappa shape index (κ1) is 26.6. The fourth-order valence-corrected chi connectivity index (χ4v) is 5.85. The van der Waals surface area contributed by atoms with E-state index in [4.69, 9.17) is 11.6 Å². The molecule has 1 aliphatic heterocycles. The van der Waals surface area contributed by atoms with Crippen LogP contribution in [0.2, 0.25) is 5.02 Å². The number of rotatable bonds is 10. The number of fused-ring (bicyclic) bond motifs is 1. The zero-order chi connectivity index (χ0) is 30.0. The van der Waals surface area contributed by atoms with Crippen molar-refractivity contribution in [1.82, 2.24) is 21.0 Å². The van der Waals surface area contributed by atoms with Crippen molar-refractivity contribution in [2.45, 2.75) is 43.8 Å². The number of anilines is 2. The highest BCUT2D eigenvalue weighted by Crippen LogP contribution is 2.39. The Morgan fingerprint density at radius 1 is 1.12 bits per heavy atom. The average Bonchev–Trinajstić information content (AvgIpc) is 3.75. The zero-order valence-electron chi connectivity index (χ0n) is 23.5. The molecule has 10 heteroatoms. The third-order valence-electron chi connectivity index (χ3n) is 7.32. The topological polar surface area (TPSA) is 112 Å². The fourth-order valence-electron chi connectivity index (χ4n) is 5.06. The van der Waals surface area contributed by atoms with Crippen LogP contribution < -0.4 is 21.6 Å². The van der Waals surface area contributed by atoms with Gasteiger partial charge in [0.25, 0.3) is 0 Å². The first-order valence-corrected chi connectivity index (χ1v) is 14.8. The molecule has 2 aliphatic rings. The van der Waals surface area contributed by atoms with Gasteiger partial charge < -0.3 is 16.1 Å². The van der Waals surface area contributed by atoms with Crippen LogP contribution in [0.5, 0.6) is 0 Å². The normalized spacial score (nSPS) is 16.8. The summed E-state index contributed by atoms with van der Waals surface area (Å²) >= 11 is 10.4. The number of nitriles is 2. The second kappa shape index (κ2) is 12.3. The number of aromatic nitrogens is 1. The van der Waals surface area contributed by atoms with Crippen LogP contribution in [0.4, 0.5) is 11.4 Å². The summed E-state index contributed by atoms with van der Waals surface area (Å²) in [5, 5.41) is 29.5. The summed E-state index contributed by atoms with van der Waals surface area (Å²) < 4.78 is 10.5. The molecule has 1 aliphatic carbocycles. The van der Waals surface area contributed by atoms with Crippen molar-refractivity contribution in [2.24, 2.45) is 0 Å². The lowest BCUT2D eigenvalue weighted by molar-refractivity contribution is 0.260. The minimum atomic E-state index is -1.49. The second-order valence-corrected chi connectivity index (χ2v) is 11.5. The quantitative estimate of drug-likeness (QED) is 0.141. The zero-order valence-corrected chi connectivity index (χ0v) is 24.9. The van der Waals surface area contributed by atoms with Crippen molar-refractivity contribution >= 4 is 49.8 Å². The molecule has 1 aromatic heterocycles. The van der Waals surface area contributed by atoms with Crippen LogP contribution in [0.15, 0.2) is 89.3 Å². The average molecular weight is 641 g/mol. The van der Waals surface area contributed by atoms with Crippen LogP contribution in [-0.4, -0.2) is 16.0 Å². The van der Waals surface area contributed by atoms with E-state index in [1.165, 1.54) is 0 Å². The van der Waals surface area contributed by atoms with Gasteiger partial charge in [0.1, 0.15) is 6.07 Å². The molecule has 210 valence electrons. The molecule has 0 amide bonds. The number of hydrogen-bond acceptors (Lipinski definition) is 8. The van der Waals surface area contributed by atoms with Gasteiger partial charge in [0.2, 0.25) is 0 Å². The van der Waals surface area contributed by atoms with Gasteiger partial charge in [-0.2, -0.15) is 10.5 Å². The van der Waals surface area contributed by atoms with Gasteiger partial charge >= 0.3 is 0 Å². The Morgan fingerprint density at radius 3 is 2.64 bits per heavy atom. The summed E-state index contributed by atoms with van der Waals surface area (Å²) in [6.45, 7) is 0. The van der Waals surface area contributed by atoms with Crippen molar-refractivity contribution in [3.05, 3.63) is 111 Å². The molecule has 0 spiro atoms. The molecule has 0 unspecified atom stereocenters. The molecule has 3 aromatic carbocycles. The van der Waals surface area contributed by atoms with E-state index in [9.17, 15) is 11.9 Å². The lowest BCUT2D eigenvalue weighted by atomic mass is 10.00. The number of hydrazine groups is 2. The maximum Gasteiger partial charge on any atom is 0.103 e. The highest BCUT2D eigenvalue weighted by molar-refractivity contribution is 9.10. The van der Waals surface area contributed by atoms with Crippen molar-refractivity contribution in [3.63, 3.8) is 0 Å². The molecule has 1 saturated carbocycles. The van der Waals surface area contributed by atoms with Crippen LogP contribution in [-0.2, 0) is 0 Å². The summed E-state index contributed by atoms with van der Waals surface area (Å²) in [6, 6.07) is 24.1. The Labute approximate surface area is 259 Å². The molecular weight excluding hydrogens is 612 g/mol. The number of nitrogens with zero attached hydrogens (tertiary/aromatic N) is 4. The monoisotopic (exact) mass is 639 g/mol. The van der Waals surface area contributed by atoms with E-state index in [0.717, 1.165) is 18.4 Å². The van der Waals surface area contributed by atoms with Crippen LogP contribution in [0.25, 0.3) is 10.9 Å². The molecule has 2 atom stereocenters. The van der Waals surface area contributed by atoms with E-state index in [2.05, 4.69) is 54.6 Å². The van der Waals surface area contributed by atoms with E-state index in [-0.39, 0.29) is 6.04 Å². The van der Waals surface area contributed by atoms with Crippen LogP contribution in [0.3, 0.4) is 0 Å². The lowest BCUT2D eigenvalue weighted by Gasteiger charge is -2.24. The molecule has 2 heterocycles. The van der Waals surface area contributed by atoms with Gasteiger partial charge in [-0.3, -0.25) is 9.99 Å². The predicted octanol–water partition coefficient (Wildman–Crippen LogP) is 7.46. The number of benzene rings is 3. The van der Waals surface area contributed by atoms with Gasteiger partial charge in [0.05, 0.1) is 42.0 Å². The summed E-state index contributed by atoms with van der Waals surface area (Å²) in [4.78, 5) is 4.58. The number of pyridine rings is 1. The first-order chi connectivity index (χ1) is 20.9. The molecule has 8 nitrogen and oxygen atoms in total. The summed E-state index contributed by atoms with van der Waals surface area (Å²) in [5.74, 6) is 0. The Kier molecular flexibility index (Phi) is 7.79. The van der Waals surface area contributed by atoms with Gasteiger partial charge in [-0.1, -0.05) is 60.1 Å². The van der Waals surface area contributed by atoms with Crippen molar-refractivity contribution in [1.29, 1.82) is 10.5 Å². The molecule has 1 fully saturated rings. The molecule has 4 N–H and O–H groups in total. The predicted molar refractivity (Wildman–Crippen MR) is 169 cm³/mol. The van der Waals surface area contributed by atoms with Crippen molar-refractivity contribution < 1.29 is 1.37 Å². The maximum atomic E-state index is 10.1. The molecular formula is C32H28BrClN8. The summed E-state index contributed by atoms with van der Waals surface area (Å²) in [5.41, 5.74) is 10.8. The Morgan fingerprint density at radius 2 is 1.90 bits per heavy atom. The lowest BCUT2D eigenvalue weighted by Crippen LogP contribution is -2.38. The van der Waals surface area contributed by atoms with Crippen molar-refractivity contribution in [3.8, 4) is 12.1 Å². The SMILES string of the molecule is [2H][C@](Nc1cc(Br)c2ncc(C#N)c(N[C@H](CCC#N)c3ccccc3)c2c1)(C1=CN(C2CC2)NN1)c1ccccc1Cl. The van der Waals surface area contributed by atoms with Gasteiger partial charge in [0, 0.05) is 45.4 Å². The smallest absolute Gasteiger partial charge is 0.103 e. The van der Waals surface area contributed by atoms with E-state index >= 15 is 0 Å². The minimum Gasteiger partial charge on any atom is -0.377 e. The standard InChI is InChI=1S/C32H28BrClN8/c33-26-16-22(38-32(24-9-4-5-10-27(24)34)29-19-42(41-40-29)23-12-13-23)15-25-30(21(17-36)18-37-31(25)26)39-28(11-6-14-35)20-7-2-1-3-8-20/h1-5,7-10,15-16,18-19,23,28,32,38,40-41H,6,11-13H2,(H,37,39)/t28-,32-/m1/s1/i32D. The van der Waals surface area contributed by atoms with E-state index < -0.39 is 6.02 Å². The first-order valence-electron chi connectivity index (χ1n) is 14.2. The Balaban J connectivity index is 1.45. The number of halogens is 2. The van der Waals surface area contributed by atoms with E-state index in [1.807, 2.05) is 71.9 Å². The molecule has 6 rings (SSSR count). The van der Waals surface area contributed by atoms with Gasteiger partial charge in [-0.15, -0.1) is 5.53 Å². The van der Waals surface area contributed by atoms with Crippen LogP contribution in [0.1, 0.15) is 55.8 Å². The molecule has 0 radical (unpaired) electrons. The molecule has 4 aromatic rings. The molecule has 0 saturated heterocycles. The van der Waals surface area contributed by atoms with E-state index in [0.29, 0.717) is 67.5 Å². The second-order valence-electron chi connectivity index (χ2n) is 10.2.